The summed E-state index contributed by atoms with van der Waals surface area (Å²) in [5.74, 6) is -0.524. The van der Waals surface area contributed by atoms with Crippen LogP contribution < -0.4 is 4.74 Å². The molecule has 3 rings (SSSR count). The lowest BCUT2D eigenvalue weighted by Crippen LogP contribution is -2.37. The molecule has 1 aromatic heterocycles. The number of halogens is 3. The van der Waals surface area contributed by atoms with E-state index in [9.17, 15) is 13.2 Å². The molecule has 0 unspecified atom stereocenters. The van der Waals surface area contributed by atoms with Gasteiger partial charge in [0.15, 0.2) is 0 Å². The van der Waals surface area contributed by atoms with Gasteiger partial charge in [-0.05, 0) is 42.0 Å². The zero-order valence-corrected chi connectivity index (χ0v) is 15.3. The third kappa shape index (κ3) is 4.73. The number of aromatic nitrogens is 3. The number of benzene rings is 1. The summed E-state index contributed by atoms with van der Waals surface area (Å²) in [7, 11) is 1.53. The van der Waals surface area contributed by atoms with E-state index in [1.807, 2.05) is 4.90 Å². The fourth-order valence-corrected chi connectivity index (χ4v) is 2.75. The van der Waals surface area contributed by atoms with Crippen molar-refractivity contribution in [1.29, 1.82) is 0 Å². The maximum Gasteiger partial charge on any atom is 0.453 e. The van der Waals surface area contributed by atoms with E-state index in [1.165, 1.54) is 13.3 Å². The van der Waals surface area contributed by atoms with Gasteiger partial charge in [0.25, 0.3) is 5.82 Å². The van der Waals surface area contributed by atoms with Gasteiger partial charge in [-0.3, -0.25) is 4.90 Å². The molecule has 1 aliphatic heterocycles. The predicted octanol–water partition coefficient (Wildman–Crippen LogP) is 2.61. The van der Waals surface area contributed by atoms with Crippen molar-refractivity contribution in [1.82, 2.24) is 19.4 Å². The van der Waals surface area contributed by atoms with E-state index in [1.54, 1.807) is 24.3 Å². The van der Waals surface area contributed by atoms with Crippen LogP contribution in [0.3, 0.4) is 0 Å². The average molecular weight is 401 g/mol. The molecule has 0 radical (unpaired) electrons. The third-order valence-corrected chi connectivity index (χ3v) is 4.33. The summed E-state index contributed by atoms with van der Waals surface area (Å²) >= 11 is 5.18. The predicted molar refractivity (Wildman–Crippen MR) is 94.4 cm³/mol. The fourth-order valence-electron chi connectivity index (χ4n) is 2.52. The fraction of sp³-hybridized carbons (Fsp3) is 0.438. The Hall–Kier alpha value is -2.24. The van der Waals surface area contributed by atoms with E-state index < -0.39 is 12.0 Å². The maximum absolute atomic E-state index is 13.4. The first kappa shape index (κ1) is 19.5. The zero-order chi connectivity index (χ0) is 19.4. The van der Waals surface area contributed by atoms with Crippen molar-refractivity contribution in [2.24, 2.45) is 5.10 Å². The molecular weight excluding hydrogens is 383 g/mol. The van der Waals surface area contributed by atoms with E-state index >= 15 is 0 Å². The van der Waals surface area contributed by atoms with E-state index in [0.29, 0.717) is 42.3 Å². The summed E-state index contributed by atoms with van der Waals surface area (Å²) in [5, 5.41) is 7.56. The Morgan fingerprint density at radius 1 is 1.26 bits per heavy atom. The van der Waals surface area contributed by atoms with Crippen molar-refractivity contribution in [2.75, 3.05) is 33.4 Å². The summed E-state index contributed by atoms with van der Waals surface area (Å²) in [6, 6.07) is 6.73. The quantitative estimate of drug-likeness (QED) is 0.570. The van der Waals surface area contributed by atoms with Crippen molar-refractivity contribution in [3.05, 3.63) is 40.4 Å². The molecular formula is C16H18F3N5O2S. The van der Waals surface area contributed by atoms with Gasteiger partial charge in [-0.2, -0.15) is 22.9 Å². The molecule has 7 nitrogen and oxygen atoms in total. The van der Waals surface area contributed by atoms with Gasteiger partial charge in [0.1, 0.15) is 5.75 Å². The summed E-state index contributed by atoms with van der Waals surface area (Å²) in [4.78, 5) is 1.92. The summed E-state index contributed by atoms with van der Waals surface area (Å²) in [6.45, 7) is 2.40. The van der Waals surface area contributed by atoms with E-state index in [4.69, 9.17) is 21.7 Å². The van der Waals surface area contributed by atoms with E-state index in [0.717, 1.165) is 4.68 Å². The SMILES string of the molecule is COc1ccc(/C=N/n2c(C(F)(F)F)nn(CN3CCOCC3)c2=S)cc1. The first-order valence-electron chi connectivity index (χ1n) is 8.14. The lowest BCUT2D eigenvalue weighted by Gasteiger charge is -2.25. The smallest absolute Gasteiger partial charge is 0.453 e. The van der Waals surface area contributed by atoms with Crippen LogP contribution in [0.15, 0.2) is 29.4 Å². The standard InChI is InChI=1S/C16H18F3N5O2S/c1-25-13-4-2-12(3-5-13)10-20-24-14(16(17,18)19)21-23(15(24)27)11-22-6-8-26-9-7-22/h2-5,10H,6-9,11H2,1H3/b20-10+. The molecule has 27 heavy (non-hydrogen) atoms. The first-order valence-corrected chi connectivity index (χ1v) is 8.55. The Morgan fingerprint density at radius 3 is 2.52 bits per heavy atom. The number of hydrogen-bond acceptors (Lipinski definition) is 6. The molecule has 1 aliphatic rings. The molecule has 1 saturated heterocycles. The van der Waals surface area contributed by atoms with Crippen molar-refractivity contribution < 1.29 is 22.6 Å². The van der Waals surface area contributed by atoms with E-state index in [2.05, 4.69) is 10.2 Å². The molecule has 0 aliphatic carbocycles. The zero-order valence-electron chi connectivity index (χ0n) is 14.5. The van der Waals surface area contributed by atoms with Crippen molar-refractivity contribution in [3.63, 3.8) is 0 Å². The summed E-state index contributed by atoms with van der Waals surface area (Å²) in [6.07, 6.45) is -3.38. The second kappa shape index (κ2) is 8.19. The van der Waals surface area contributed by atoms with Crippen LogP contribution in [0.5, 0.6) is 5.75 Å². The van der Waals surface area contributed by atoms with Crippen molar-refractivity contribution >= 4 is 18.4 Å². The highest BCUT2D eigenvalue weighted by Gasteiger charge is 2.38. The highest BCUT2D eigenvalue weighted by molar-refractivity contribution is 7.71. The summed E-state index contributed by atoms with van der Waals surface area (Å²) < 4.78 is 52.1. The second-order valence-electron chi connectivity index (χ2n) is 5.80. The molecule has 2 heterocycles. The van der Waals surface area contributed by atoms with Gasteiger partial charge >= 0.3 is 6.18 Å². The van der Waals surface area contributed by atoms with Crippen molar-refractivity contribution in [2.45, 2.75) is 12.8 Å². The Kier molecular flexibility index (Phi) is 5.92. The first-order chi connectivity index (χ1) is 12.9. The van der Waals surface area contributed by atoms with Gasteiger partial charge in [0.05, 0.1) is 33.2 Å². The molecule has 11 heteroatoms. The van der Waals surface area contributed by atoms with Crippen LogP contribution in [0.2, 0.25) is 0 Å². The second-order valence-corrected chi connectivity index (χ2v) is 6.17. The number of nitrogens with zero attached hydrogens (tertiary/aromatic N) is 5. The number of rotatable bonds is 5. The molecule has 0 bridgehead atoms. The van der Waals surface area contributed by atoms with Gasteiger partial charge in [-0.25, -0.2) is 4.68 Å². The number of ether oxygens (including phenoxy) is 2. The van der Waals surface area contributed by atoms with Crippen LogP contribution in [0.25, 0.3) is 0 Å². The lowest BCUT2D eigenvalue weighted by molar-refractivity contribution is -0.147. The molecule has 1 aromatic carbocycles. The Morgan fingerprint density at radius 2 is 1.93 bits per heavy atom. The van der Waals surface area contributed by atoms with Crippen LogP contribution in [0.4, 0.5) is 13.2 Å². The normalized spacial score (nSPS) is 16.1. The number of alkyl halides is 3. The molecule has 146 valence electrons. The Balaban J connectivity index is 1.89. The van der Waals surface area contributed by atoms with Crippen LogP contribution in [-0.2, 0) is 17.6 Å². The average Bonchev–Trinajstić information content (AvgIpc) is 2.97. The lowest BCUT2D eigenvalue weighted by atomic mass is 10.2. The van der Waals surface area contributed by atoms with Crippen LogP contribution in [0, 0.1) is 4.77 Å². The molecule has 0 amide bonds. The maximum atomic E-state index is 13.4. The van der Waals surface area contributed by atoms with Crippen molar-refractivity contribution in [3.8, 4) is 5.75 Å². The van der Waals surface area contributed by atoms with Gasteiger partial charge in [0.2, 0.25) is 4.77 Å². The van der Waals surface area contributed by atoms with Gasteiger partial charge in [0, 0.05) is 13.1 Å². The van der Waals surface area contributed by atoms with Gasteiger partial charge < -0.3 is 9.47 Å². The number of hydrogen-bond donors (Lipinski definition) is 0. The third-order valence-electron chi connectivity index (χ3n) is 3.95. The highest BCUT2D eigenvalue weighted by Crippen LogP contribution is 2.28. The molecule has 0 N–H and O–H groups in total. The van der Waals surface area contributed by atoms with Crippen LogP contribution in [0.1, 0.15) is 11.4 Å². The monoisotopic (exact) mass is 401 g/mol. The minimum absolute atomic E-state index is 0.126. The highest BCUT2D eigenvalue weighted by atomic mass is 32.1. The molecule has 1 fully saturated rings. The van der Waals surface area contributed by atoms with Gasteiger partial charge in [-0.1, -0.05) is 0 Å². The topological polar surface area (TPSA) is 56.8 Å². The number of morpholine rings is 1. The van der Waals surface area contributed by atoms with Crippen LogP contribution in [-0.4, -0.2) is 59.0 Å². The van der Waals surface area contributed by atoms with Gasteiger partial charge in [-0.15, -0.1) is 5.10 Å². The number of methoxy groups -OCH3 is 1. The van der Waals surface area contributed by atoms with Crippen LogP contribution >= 0.6 is 12.2 Å². The largest absolute Gasteiger partial charge is 0.497 e. The summed E-state index contributed by atoms with van der Waals surface area (Å²) in [5.41, 5.74) is 0.603. The molecule has 0 atom stereocenters. The van der Waals surface area contributed by atoms with E-state index in [-0.39, 0.29) is 11.4 Å². The Labute approximate surface area is 158 Å². The Bertz CT molecular complexity index is 854. The molecule has 0 saturated carbocycles. The molecule has 2 aromatic rings. The molecule has 0 spiro atoms. The minimum atomic E-state index is -4.68. The minimum Gasteiger partial charge on any atom is -0.497 e.